The number of nitrogens with zero attached hydrogens (tertiary/aromatic N) is 2. The number of nitrogens with two attached hydrogens (primary N) is 1. The maximum absolute atomic E-state index is 11.8. The second kappa shape index (κ2) is 4.26. The summed E-state index contributed by atoms with van der Waals surface area (Å²) in [5.74, 6) is 0.514. The van der Waals surface area contributed by atoms with Gasteiger partial charge in [0.15, 0.2) is 0 Å². The van der Waals surface area contributed by atoms with Crippen LogP contribution in [0.4, 0.5) is 10.2 Å². The number of pyridine rings is 1. The third-order valence-electron chi connectivity index (χ3n) is 1.34. The Morgan fingerprint density at radius 2 is 2.46 bits per heavy atom. The standard InChI is InChI=1S/C8H8FN3O/c9-1-2-13-7-3-8(11)12-5-6(7)4-10/h3,5H,1-2H2,(H2,11,12). The van der Waals surface area contributed by atoms with E-state index in [1.807, 2.05) is 6.07 Å². The van der Waals surface area contributed by atoms with Gasteiger partial charge in [-0.25, -0.2) is 9.37 Å². The Morgan fingerprint density at radius 1 is 1.69 bits per heavy atom. The van der Waals surface area contributed by atoms with Gasteiger partial charge in [0, 0.05) is 6.07 Å². The monoisotopic (exact) mass is 181 g/mol. The fourth-order valence-corrected chi connectivity index (χ4v) is 0.804. The Balaban J connectivity index is 2.89. The third-order valence-corrected chi connectivity index (χ3v) is 1.34. The van der Waals surface area contributed by atoms with Crippen molar-refractivity contribution >= 4 is 5.82 Å². The molecule has 0 amide bonds. The predicted molar refractivity (Wildman–Crippen MR) is 44.8 cm³/mol. The fourth-order valence-electron chi connectivity index (χ4n) is 0.804. The second-order valence-electron chi connectivity index (χ2n) is 2.25. The zero-order valence-corrected chi connectivity index (χ0v) is 6.83. The van der Waals surface area contributed by atoms with Crippen LogP contribution in [0.5, 0.6) is 5.75 Å². The number of ether oxygens (including phenoxy) is 1. The first kappa shape index (κ1) is 9.26. The number of nitrogen functional groups attached to an aromatic ring is 1. The van der Waals surface area contributed by atoms with Gasteiger partial charge in [0.05, 0.1) is 6.20 Å². The third kappa shape index (κ3) is 2.30. The molecule has 5 heteroatoms. The van der Waals surface area contributed by atoms with Crippen LogP contribution in [0.3, 0.4) is 0 Å². The first-order chi connectivity index (χ1) is 6.27. The summed E-state index contributed by atoms with van der Waals surface area (Å²) in [5.41, 5.74) is 5.61. The Labute approximate surface area is 74.8 Å². The van der Waals surface area contributed by atoms with Crippen LogP contribution in [0.15, 0.2) is 12.3 Å². The molecule has 0 spiro atoms. The number of alkyl halides is 1. The minimum atomic E-state index is -0.604. The van der Waals surface area contributed by atoms with Crippen LogP contribution >= 0.6 is 0 Å². The Kier molecular flexibility index (Phi) is 3.03. The summed E-state index contributed by atoms with van der Waals surface area (Å²) in [6.07, 6.45) is 1.29. The number of halogens is 1. The first-order valence-corrected chi connectivity index (χ1v) is 3.62. The number of rotatable bonds is 3. The smallest absolute Gasteiger partial charge is 0.142 e. The van der Waals surface area contributed by atoms with E-state index in [4.69, 9.17) is 15.7 Å². The molecular weight excluding hydrogens is 173 g/mol. The highest BCUT2D eigenvalue weighted by atomic mass is 19.1. The average Bonchev–Trinajstić information content (AvgIpc) is 2.15. The van der Waals surface area contributed by atoms with Crippen LogP contribution < -0.4 is 10.5 Å². The van der Waals surface area contributed by atoms with E-state index in [-0.39, 0.29) is 23.7 Å². The van der Waals surface area contributed by atoms with Gasteiger partial charge in [0.25, 0.3) is 0 Å². The molecule has 0 saturated carbocycles. The van der Waals surface area contributed by atoms with Gasteiger partial charge in [0.1, 0.15) is 36.5 Å². The van der Waals surface area contributed by atoms with E-state index in [0.29, 0.717) is 0 Å². The van der Waals surface area contributed by atoms with Gasteiger partial charge in [0.2, 0.25) is 0 Å². The zero-order valence-electron chi connectivity index (χ0n) is 6.83. The summed E-state index contributed by atoms with van der Waals surface area (Å²) in [7, 11) is 0. The Hall–Kier alpha value is -1.83. The van der Waals surface area contributed by atoms with Crippen LogP contribution in [0.25, 0.3) is 0 Å². The van der Waals surface area contributed by atoms with Gasteiger partial charge in [-0.1, -0.05) is 0 Å². The van der Waals surface area contributed by atoms with Gasteiger partial charge >= 0.3 is 0 Å². The van der Waals surface area contributed by atoms with Gasteiger partial charge < -0.3 is 10.5 Å². The van der Waals surface area contributed by atoms with Crippen molar-refractivity contribution in [1.29, 1.82) is 5.26 Å². The average molecular weight is 181 g/mol. The molecule has 0 unspecified atom stereocenters. The molecule has 0 atom stereocenters. The number of hydrogen-bond donors (Lipinski definition) is 1. The van der Waals surface area contributed by atoms with Crippen molar-refractivity contribution in [3.63, 3.8) is 0 Å². The lowest BCUT2D eigenvalue weighted by atomic mass is 10.3. The lowest BCUT2D eigenvalue weighted by molar-refractivity contribution is 0.272. The SMILES string of the molecule is N#Cc1cnc(N)cc1OCCF. The molecule has 1 aromatic heterocycles. The summed E-state index contributed by atoms with van der Waals surface area (Å²) in [5, 5.41) is 8.60. The molecular formula is C8H8FN3O. The van der Waals surface area contributed by atoms with E-state index in [0.717, 1.165) is 0 Å². The van der Waals surface area contributed by atoms with Crippen molar-refractivity contribution in [2.45, 2.75) is 0 Å². The molecule has 0 aliphatic carbocycles. The molecule has 1 heterocycles. The topological polar surface area (TPSA) is 71.9 Å². The molecule has 1 aromatic rings. The fraction of sp³-hybridized carbons (Fsp3) is 0.250. The van der Waals surface area contributed by atoms with Crippen molar-refractivity contribution in [3.8, 4) is 11.8 Å². The van der Waals surface area contributed by atoms with Crippen molar-refractivity contribution < 1.29 is 9.13 Å². The molecule has 0 aliphatic heterocycles. The molecule has 4 nitrogen and oxygen atoms in total. The van der Waals surface area contributed by atoms with Gasteiger partial charge in [-0.15, -0.1) is 0 Å². The largest absolute Gasteiger partial charge is 0.489 e. The molecule has 13 heavy (non-hydrogen) atoms. The molecule has 68 valence electrons. The van der Waals surface area contributed by atoms with Crippen LogP contribution in [0, 0.1) is 11.3 Å². The van der Waals surface area contributed by atoms with Gasteiger partial charge in [-0.2, -0.15) is 5.26 Å². The predicted octanol–water partition coefficient (Wildman–Crippen LogP) is 0.884. The molecule has 0 fully saturated rings. The van der Waals surface area contributed by atoms with Crippen molar-refractivity contribution in [2.75, 3.05) is 19.0 Å². The van der Waals surface area contributed by atoms with Crippen molar-refractivity contribution in [3.05, 3.63) is 17.8 Å². The molecule has 2 N–H and O–H groups in total. The molecule has 0 bridgehead atoms. The van der Waals surface area contributed by atoms with Crippen molar-refractivity contribution in [1.82, 2.24) is 4.98 Å². The molecule has 0 saturated heterocycles. The zero-order chi connectivity index (χ0) is 9.68. The van der Waals surface area contributed by atoms with E-state index in [2.05, 4.69) is 4.98 Å². The molecule has 0 radical (unpaired) electrons. The maximum atomic E-state index is 11.8. The normalized spacial score (nSPS) is 9.23. The molecule has 0 aliphatic rings. The summed E-state index contributed by atoms with van der Waals surface area (Å²) < 4.78 is 16.7. The van der Waals surface area contributed by atoms with Crippen LogP contribution in [-0.2, 0) is 0 Å². The van der Waals surface area contributed by atoms with Gasteiger partial charge in [-0.05, 0) is 0 Å². The Morgan fingerprint density at radius 3 is 3.08 bits per heavy atom. The number of hydrogen-bond acceptors (Lipinski definition) is 4. The summed E-state index contributed by atoms with van der Waals surface area (Å²) in [6.45, 7) is -0.689. The summed E-state index contributed by atoms with van der Waals surface area (Å²) >= 11 is 0. The van der Waals surface area contributed by atoms with E-state index >= 15 is 0 Å². The van der Waals surface area contributed by atoms with Crippen LogP contribution in [-0.4, -0.2) is 18.3 Å². The minimum Gasteiger partial charge on any atom is -0.489 e. The van der Waals surface area contributed by atoms with Gasteiger partial charge in [-0.3, -0.25) is 0 Å². The van der Waals surface area contributed by atoms with E-state index < -0.39 is 6.67 Å². The lowest BCUT2D eigenvalue weighted by Crippen LogP contribution is -2.02. The quantitative estimate of drug-likeness (QED) is 0.751. The van der Waals surface area contributed by atoms with E-state index in [1.165, 1.54) is 12.3 Å². The molecule has 0 aromatic carbocycles. The van der Waals surface area contributed by atoms with Crippen LogP contribution in [0.2, 0.25) is 0 Å². The highest BCUT2D eigenvalue weighted by Gasteiger charge is 2.03. The molecule has 1 rings (SSSR count). The first-order valence-electron chi connectivity index (χ1n) is 3.62. The Bertz CT molecular complexity index is 335. The van der Waals surface area contributed by atoms with E-state index in [1.54, 1.807) is 0 Å². The van der Waals surface area contributed by atoms with Crippen molar-refractivity contribution in [2.24, 2.45) is 0 Å². The lowest BCUT2D eigenvalue weighted by Gasteiger charge is -2.05. The van der Waals surface area contributed by atoms with E-state index in [9.17, 15) is 4.39 Å². The highest BCUT2D eigenvalue weighted by molar-refractivity contribution is 5.47. The minimum absolute atomic E-state index is 0.0852. The highest BCUT2D eigenvalue weighted by Crippen LogP contribution is 2.18. The maximum Gasteiger partial charge on any atom is 0.142 e. The summed E-state index contributed by atoms with van der Waals surface area (Å²) in [4.78, 5) is 3.70. The number of aromatic nitrogens is 1. The summed E-state index contributed by atoms with van der Waals surface area (Å²) in [6, 6.07) is 3.26. The second-order valence-corrected chi connectivity index (χ2v) is 2.25. The van der Waals surface area contributed by atoms with Crippen LogP contribution in [0.1, 0.15) is 5.56 Å². The number of anilines is 1. The number of nitriles is 1.